The molecule has 0 aromatic rings. The zero-order valence-electron chi connectivity index (χ0n) is 9.36. The number of hydrogen-bond acceptors (Lipinski definition) is 3. The molecule has 0 saturated carbocycles. The van der Waals surface area contributed by atoms with Gasteiger partial charge in [-0.3, -0.25) is 0 Å². The maximum Gasteiger partial charge on any atom is 0.244 e. The van der Waals surface area contributed by atoms with Gasteiger partial charge < -0.3 is 9.05 Å². The van der Waals surface area contributed by atoms with Crippen molar-refractivity contribution in [3.05, 3.63) is 0 Å². The fraction of sp³-hybridized carbons (Fsp3) is 1.00. The van der Waals surface area contributed by atoms with E-state index < -0.39 is 5.69 Å². The van der Waals surface area contributed by atoms with Crippen molar-refractivity contribution in [2.24, 2.45) is 0 Å². The molecule has 14 heavy (non-hydrogen) atoms. The van der Waals surface area contributed by atoms with Crippen LogP contribution in [-0.2, 0) is 20.9 Å². The van der Waals surface area contributed by atoms with Gasteiger partial charge in [-0.2, -0.15) is 0 Å². The minimum Gasteiger partial charge on any atom is -0.322 e. The third-order valence-corrected chi connectivity index (χ3v) is 3.85. The first-order valence-corrected chi connectivity index (χ1v) is 8.53. The largest absolute Gasteiger partial charge is 0.322 e. The van der Waals surface area contributed by atoms with Crippen LogP contribution in [0.3, 0.4) is 0 Å². The molecule has 0 amide bonds. The third-order valence-electron chi connectivity index (χ3n) is 1.50. The Balaban J connectivity index is 0. The summed E-state index contributed by atoms with van der Waals surface area (Å²) >= 11 is 9.31. The summed E-state index contributed by atoms with van der Waals surface area (Å²) in [6, 6.07) is 0. The van der Waals surface area contributed by atoms with Crippen LogP contribution in [0.25, 0.3) is 0 Å². The van der Waals surface area contributed by atoms with Crippen molar-refractivity contribution in [2.75, 3.05) is 13.2 Å². The average Bonchev–Trinajstić information content (AvgIpc) is 2.05. The number of hydrogen-bond donors (Lipinski definition) is 1. The number of rotatable bonds is 8. The van der Waals surface area contributed by atoms with Gasteiger partial charge in [0.2, 0.25) is 5.69 Å². The maximum absolute atomic E-state index is 5.38. The number of unbranched alkanes of at least 4 members (excludes halogenated alkanes) is 2. The van der Waals surface area contributed by atoms with Gasteiger partial charge in [-0.15, -0.1) is 0 Å². The van der Waals surface area contributed by atoms with E-state index in [2.05, 4.69) is 26.1 Å². The summed E-state index contributed by atoms with van der Waals surface area (Å²) in [5.41, 5.74) is -2.22. The topological polar surface area (TPSA) is 18.5 Å². The van der Waals surface area contributed by atoms with Crippen LogP contribution in [0.15, 0.2) is 0 Å². The van der Waals surface area contributed by atoms with Crippen molar-refractivity contribution >= 4 is 59.3 Å². The molecule has 0 atom stereocenters. The average molecular weight is 265 g/mol. The fourth-order valence-electron chi connectivity index (χ4n) is 0.686. The second-order valence-corrected chi connectivity index (χ2v) is 8.13. The molecule has 0 heterocycles. The quantitative estimate of drug-likeness (QED) is 0.314. The Morgan fingerprint density at radius 3 is 1.71 bits per heavy atom. The van der Waals surface area contributed by atoms with Crippen LogP contribution in [0.1, 0.15) is 39.5 Å². The van der Waals surface area contributed by atoms with E-state index >= 15 is 0 Å². The van der Waals surface area contributed by atoms with Crippen LogP contribution in [0.4, 0.5) is 0 Å². The van der Waals surface area contributed by atoms with Gasteiger partial charge in [-0.25, -0.2) is 0 Å². The van der Waals surface area contributed by atoms with Gasteiger partial charge in [-0.05, 0) is 24.6 Å². The van der Waals surface area contributed by atoms with E-state index in [1.165, 1.54) is 0 Å². The molecule has 0 aromatic heterocycles. The molecule has 1 radical (unpaired) electrons. The molecule has 0 aliphatic rings. The normalized spacial score (nSPS) is 11.1. The summed E-state index contributed by atoms with van der Waals surface area (Å²) in [6.07, 6.45) is 4.27. The standard InChI is InChI=1S/C8H19O2PS2.Na/c1-3-5-7-9-11(12,13)10-8-6-4-2;/h3-8H2,1-2H3,(H,12,13);. The van der Waals surface area contributed by atoms with Crippen molar-refractivity contribution in [2.45, 2.75) is 39.5 Å². The SMILES string of the molecule is CCCCOP(=S)(S)OCCCC.[Na]. The maximum atomic E-state index is 5.38. The van der Waals surface area contributed by atoms with E-state index in [1.807, 2.05) is 0 Å². The molecule has 0 aliphatic heterocycles. The molecule has 0 rings (SSSR count). The Kier molecular flexibility index (Phi) is 14.9. The van der Waals surface area contributed by atoms with E-state index in [1.54, 1.807) is 0 Å². The summed E-state index contributed by atoms with van der Waals surface area (Å²) in [7, 11) is 0. The molecule has 81 valence electrons. The smallest absolute Gasteiger partial charge is 0.244 e. The van der Waals surface area contributed by atoms with Gasteiger partial charge in [0.15, 0.2) is 0 Å². The molecule has 2 nitrogen and oxygen atoms in total. The van der Waals surface area contributed by atoms with Gasteiger partial charge in [0.05, 0.1) is 13.2 Å². The van der Waals surface area contributed by atoms with Crippen molar-refractivity contribution in [1.82, 2.24) is 0 Å². The Bertz CT molecular complexity index is 155. The third kappa shape index (κ3) is 12.0. The second kappa shape index (κ2) is 11.4. The fourth-order valence-corrected chi connectivity index (χ4v) is 2.42. The Hall–Kier alpha value is 1.92. The Morgan fingerprint density at radius 1 is 1.07 bits per heavy atom. The monoisotopic (exact) mass is 265 g/mol. The molecule has 0 unspecified atom stereocenters. The Morgan fingerprint density at radius 2 is 1.43 bits per heavy atom. The van der Waals surface area contributed by atoms with E-state index in [9.17, 15) is 0 Å². The van der Waals surface area contributed by atoms with Crippen molar-refractivity contribution < 1.29 is 9.05 Å². The van der Waals surface area contributed by atoms with Gasteiger partial charge in [0.1, 0.15) is 0 Å². The molecular weight excluding hydrogens is 246 g/mol. The van der Waals surface area contributed by atoms with Crippen molar-refractivity contribution in [1.29, 1.82) is 0 Å². The predicted octanol–water partition coefficient (Wildman–Crippen LogP) is 3.39. The zero-order valence-corrected chi connectivity index (χ0v) is 14.0. The first kappa shape index (κ1) is 18.3. The summed E-state index contributed by atoms with van der Waals surface area (Å²) in [5.74, 6) is 0. The molecule has 0 aliphatic carbocycles. The van der Waals surface area contributed by atoms with Crippen LogP contribution in [0.5, 0.6) is 0 Å². The summed E-state index contributed by atoms with van der Waals surface area (Å²) in [6.45, 7) is 5.57. The van der Waals surface area contributed by atoms with Crippen molar-refractivity contribution in [3.63, 3.8) is 0 Å². The van der Waals surface area contributed by atoms with Crippen molar-refractivity contribution in [3.8, 4) is 0 Å². The molecule has 0 saturated heterocycles. The summed E-state index contributed by atoms with van der Waals surface area (Å²) in [5, 5.41) is 0. The molecule has 0 fully saturated rings. The van der Waals surface area contributed by atoms with E-state index in [0.717, 1.165) is 25.7 Å². The van der Waals surface area contributed by atoms with Crippen LogP contribution in [0.2, 0.25) is 0 Å². The minimum atomic E-state index is -2.22. The van der Waals surface area contributed by atoms with Gasteiger partial charge in [0, 0.05) is 29.6 Å². The van der Waals surface area contributed by atoms with Gasteiger partial charge in [0.25, 0.3) is 0 Å². The predicted molar refractivity (Wildman–Crippen MR) is 70.7 cm³/mol. The van der Waals surface area contributed by atoms with Crippen LogP contribution in [-0.4, -0.2) is 42.8 Å². The van der Waals surface area contributed by atoms with E-state index in [-0.39, 0.29) is 29.6 Å². The van der Waals surface area contributed by atoms with Gasteiger partial charge in [-0.1, -0.05) is 38.9 Å². The molecule has 6 heteroatoms. The van der Waals surface area contributed by atoms with Gasteiger partial charge >= 0.3 is 0 Å². The van der Waals surface area contributed by atoms with E-state index in [4.69, 9.17) is 20.9 Å². The first-order valence-electron chi connectivity index (χ1n) is 4.74. The zero-order chi connectivity index (χ0) is 10.2. The molecule has 0 aromatic carbocycles. The van der Waals surface area contributed by atoms with E-state index in [0.29, 0.717) is 13.2 Å². The molecule has 0 spiro atoms. The second-order valence-electron chi connectivity index (χ2n) is 2.84. The van der Waals surface area contributed by atoms with Crippen LogP contribution in [0, 0.1) is 0 Å². The Labute approximate surface area is 120 Å². The van der Waals surface area contributed by atoms with Crippen LogP contribution >= 0.6 is 17.9 Å². The van der Waals surface area contributed by atoms with Crippen LogP contribution < -0.4 is 0 Å². The summed E-state index contributed by atoms with van der Waals surface area (Å²) < 4.78 is 10.8. The molecule has 0 bridgehead atoms. The summed E-state index contributed by atoms with van der Waals surface area (Å²) in [4.78, 5) is 0. The number of thiol groups is 1. The molecule has 0 N–H and O–H groups in total. The first-order chi connectivity index (χ1) is 6.12. The minimum absolute atomic E-state index is 0. The molecular formula is C8H19NaO2PS2.